The normalized spacial score (nSPS) is 10.7. The number of nitrogens with zero attached hydrogens (tertiary/aromatic N) is 2. The molecule has 2 aromatic carbocycles. The standard InChI is InChI=1S/C14H9BrN2O/c15-10-5-3-4-9(8-10)13-14(18)17-12-7-2-1-6-11(12)16-13/h1-8H,(H,17,18)/p-1. The molecule has 1 aromatic heterocycles. The smallest absolute Gasteiger partial charge is 0.0893 e. The summed E-state index contributed by atoms with van der Waals surface area (Å²) in [5.41, 5.74) is 2.51. The van der Waals surface area contributed by atoms with Gasteiger partial charge in [-0.3, -0.25) is 4.98 Å². The molecule has 3 rings (SSSR count). The molecular weight excluding hydrogens is 292 g/mol. The molecule has 3 nitrogen and oxygen atoms in total. The van der Waals surface area contributed by atoms with Crippen LogP contribution < -0.4 is 5.11 Å². The molecule has 0 N–H and O–H groups in total. The lowest BCUT2D eigenvalue weighted by Gasteiger charge is -2.12. The Hall–Kier alpha value is -1.94. The summed E-state index contributed by atoms with van der Waals surface area (Å²) in [6, 6.07) is 14.8. The predicted octanol–water partition coefficient (Wildman–Crippen LogP) is 3.13. The summed E-state index contributed by atoms with van der Waals surface area (Å²) in [5.74, 6) is -0.299. The van der Waals surface area contributed by atoms with Crippen molar-refractivity contribution in [3.8, 4) is 17.1 Å². The number of para-hydroxylation sites is 2. The van der Waals surface area contributed by atoms with Crippen LogP contribution in [0.15, 0.2) is 53.0 Å². The van der Waals surface area contributed by atoms with E-state index in [1.807, 2.05) is 42.5 Å². The van der Waals surface area contributed by atoms with Crippen LogP contribution in [0.5, 0.6) is 5.88 Å². The van der Waals surface area contributed by atoms with Gasteiger partial charge in [0.15, 0.2) is 0 Å². The van der Waals surface area contributed by atoms with Crippen LogP contribution in [-0.4, -0.2) is 9.97 Å². The number of fused-ring (bicyclic) bond motifs is 1. The van der Waals surface area contributed by atoms with Gasteiger partial charge in [-0.1, -0.05) is 40.2 Å². The van der Waals surface area contributed by atoms with Gasteiger partial charge in [-0.15, -0.1) is 0 Å². The maximum absolute atomic E-state index is 12.0. The Morgan fingerprint density at radius 2 is 1.61 bits per heavy atom. The van der Waals surface area contributed by atoms with Gasteiger partial charge in [0.25, 0.3) is 0 Å². The monoisotopic (exact) mass is 299 g/mol. The fourth-order valence-corrected chi connectivity index (χ4v) is 2.21. The van der Waals surface area contributed by atoms with E-state index >= 15 is 0 Å². The lowest BCUT2D eigenvalue weighted by Crippen LogP contribution is -2.00. The van der Waals surface area contributed by atoms with Gasteiger partial charge in [0.2, 0.25) is 0 Å². The Kier molecular flexibility index (Phi) is 2.72. The second-order valence-electron chi connectivity index (χ2n) is 3.88. The molecule has 0 spiro atoms. The molecule has 0 fully saturated rings. The van der Waals surface area contributed by atoms with Gasteiger partial charge in [0.05, 0.1) is 16.7 Å². The van der Waals surface area contributed by atoms with Gasteiger partial charge in [0, 0.05) is 15.9 Å². The third kappa shape index (κ3) is 1.95. The van der Waals surface area contributed by atoms with E-state index < -0.39 is 0 Å². The molecular formula is C14H8BrN2O-. The van der Waals surface area contributed by atoms with E-state index in [0.717, 1.165) is 15.6 Å². The topological polar surface area (TPSA) is 48.8 Å². The van der Waals surface area contributed by atoms with E-state index in [0.29, 0.717) is 11.2 Å². The number of hydrogen-bond acceptors (Lipinski definition) is 3. The van der Waals surface area contributed by atoms with E-state index in [-0.39, 0.29) is 5.88 Å². The van der Waals surface area contributed by atoms with Crippen LogP contribution in [0.1, 0.15) is 0 Å². The van der Waals surface area contributed by atoms with Crippen molar-refractivity contribution in [1.29, 1.82) is 0 Å². The first-order valence-corrected chi connectivity index (χ1v) is 6.23. The van der Waals surface area contributed by atoms with Crippen LogP contribution in [0.2, 0.25) is 0 Å². The van der Waals surface area contributed by atoms with Crippen LogP contribution in [-0.2, 0) is 0 Å². The van der Waals surface area contributed by atoms with Crippen LogP contribution >= 0.6 is 15.9 Å². The van der Waals surface area contributed by atoms with E-state index in [1.165, 1.54) is 0 Å². The Morgan fingerprint density at radius 3 is 2.33 bits per heavy atom. The van der Waals surface area contributed by atoms with Crippen molar-refractivity contribution in [3.63, 3.8) is 0 Å². The Labute approximate surface area is 112 Å². The Balaban J connectivity index is 2.26. The largest absolute Gasteiger partial charge is 0.857 e. The minimum Gasteiger partial charge on any atom is -0.857 e. The van der Waals surface area contributed by atoms with Gasteiger partial charge in [-0.2, -0.15) is 0 Å². The molecule has 0 unspecified atom stereocenters. The average molecular weight is 300 g/mol. The Morgan fingerprint density at radius 1 is 0.889 bits per heavy atom. The maximum Gasteiger partial charge on any atom is 0.0893 e. The van der Waals surface area contributed by atoms with Crippen LogP contribution in [0.4, 0.5) is 0 Å². The minimum atomic E-state index is -0.299. The van der Waals surface area contributed by atoms with Crippen molar-refractivity contribution >= 4 is 27.0 Å². The molecule has 0 saturated heterocycles. The summed E-state index contributed by atoms with van der Waals surface area (Å²) in [5, 5.41) is 12.0. The molecule has 0 radical (unpaired) electrons. The molecule has 4 heteroatoms. The van der Waals surface area contributed by atoms with Crippen molar-refractivity contribution < 1.29 is 5.11 Å². The number of benzene rings is 2. The average Bonchev–Trinajstić information content (AvgIpc) is 2.38. The molecule has 0 aliphatic heterocycles. The van der Waals surface area contributed by atoms with E-state index in [4.69, 9.17) is 0 Å². The molecule has 1 heterocycles. The summed E-state index contributed by atoms with van der Waals surface area (Å²) >= 11 is 3.38. The third-order valence-electron chi connectivity index (χ3n) is 2.64. The van der Waals surface area contributed by atoms with E-state index in [9.17, 15) is 5.11 Å². The predicted molar refractivity (Wildman–Crippen MR) is 72.1 cm³/mol. The molecule has 88 valence electrons. The van der Waals surface area contributed by atoms with Crippen LogP contribution in [0.25, 0.3) is 22.3 Å². The second-order valence-corrected chi connectivity index (χ2v) is 4.79. The van der Waals surface area contributed by atoms with Crippen molar-refractivity contribution in [2.45, 2.75) is 0 Å². The van der Waals surface area contributed by atoms with Crippen LogP contribution in [0, 0.1) is 0 Å². The lowest BCUT2D eigenvalue weighted by molar-refractivity contribution is -0.273. The highest BCUT2D eigenvalue weighted by Crippen LogP contribution is 2.27. The van der Waals surface area contributed by atoms with Gasteiger partial charge in [0.1, 0.15) is 0 Å². The van der Waals surface area contributed by atoms with Gasteiger partial charge in [-0.05, 0) is 24.3 Å². The van der Waals surface area contributed by atoms with E-state index in [1.54, 1.807) is 6.07 Å². The highest BCUT2D eigenvalue weighted by atomic mass is 79.9. The number of rotatable bonds is 1. The highest BCUT2D eigenvalue weighted by Gasteiger charge is 2.04. The first-order valence-electron chi connectivity index (χ1n) is 5.44. The lowest BCUT2D eigenvalue weighted by atomic mass is 10.1. The molecule has 0 aliphatic carbocycles. The number of halogens is 1. The van der Waals surface area contributed by atoms with Crippen molar-refractivity contribution in [2.24, 2.45) is 0 Å². The fourth-order valence-electron chi connectivity index (χ4n) is 1.81. The van der Waals surface area contributed by atoms with Crippen molar-refractivity contribution in [2.75, 3.05) is 0 Å². The molecule has 0 atom stereocenters. The first kappa shape index (κ1) is 11.2. The molecule has 0 amide bonds. The molecule has 0 bridgehead atoms. The first-order chi connectivity index (χ1) is 8.74. The Bertz CT molecular complexity index is 728. The molecule has 0 saturated carbocycles. The summed E-state index contributed by atoms with van der Waals surface area (Å²) in [6.07, 6.45) is 0. The summed E-state index contributed by atoms with van der Waals surface area (Å²) in [7, 11) is 0. The van der Waals surface area contributed by atoms with Gasteiger partial charge >= 0.3 is 0 Å². The van der Waals surface area contributed by atoms with Gasteiger partial charge < -0.3 is 5.11 Å². The summed E-state index contributed by atoms with van der Waals surface area (Å²) in [6.45, 7) is 0. The zero-order chi connectivity index (χ0) is 12.5. The summed E-state index contributed by atoms with van der Waals surface area (Å²) in [4.78, 5) is 8.44. The number of hydrogen-bond donors (Lipinski definition) is 0. The second kappa shape index (κ2) is 4.38. The van der Waals surface area contributed by atoms with Crippen molar-refractivity contribution in [3.05, 3.63) is 53.0 Å². The molecule has 0 aliphatic rings. The highest BCUT2D eigenvalue weighted by molar-refractivity contribution is 9.10. The zero-order valence-corrected chi connectivity index (χ0v) is 10.9. The fraction of sp³-hybridized carbons (Fsp3) is 0. The number of aromatic nitrogens is 2. The zero-order valence-electron chi connectivity index (χ0n) is 9.30. The summed E-state index contributed by atoms with van der Waals surface area (Å²) < 4.78 is 0.911. The molecule has 18 heavy (non-hydrogen) atoms. The van der Waals surface area contributed by atoms with Crippen LogP contribution in [0.3, 0.4) is 0 Å². The quantitative estimate of drug-likeness (QED) is 0.693. The third-order valence-corrected chi connectivity index (χ3v) is 3.13. The van der Waals surface area contributed by atoms with Crippen molar-refractivity contribution in [1.82, 2.24) is 9.97 Å². The molecule has 3 aromatic rings. The maximum atomic E-state index is 12.0. The van der Waals surface area contributed by atoms with Gasteiger partial charge in [-0.25, -0.2) is 4.98 Å². The minimum absolute atomic E-state index is 0.299. The van der Waals surface area contributed by atoms with E-state index in [2.05, 4.69) is 25.9 Å². The SMILES string of the molecule is [O-]c1nc2ccccc2nc1-c1cccc(Br)c1.